The Morgan fingerprint density at radius 2 is 2.05 bits per heavy atom. The third-order valence-electron chi connectivity index (χ3n) is 3.00. The third kappa shape index (κ3) is 2.60. The van der Waals surface area contributed by atoms with Crippen molar-refractivity contribution in [2.24, 2.45) is 0 Å². The summed E-state index contributed by atoms with van der Waals surface area (Å²) in [6.45, 7) is 4.65. The molecule has 2 aromatic heterocycles. The fourth-order valence-corrected chi connectivity index (χ4v) is 3.27. The second kappa shape index (κ2) is 5.35. The predicted molar refractivity (Wildman–Crippen MR) is 69.3 cm³/mol. The zero-order valence-corrected chi connectivity index (χ0v) is 12.2. The van der Waals surface area contributed by atoms with Gasteiger partial charge in [0, 0.05) is 12.1 Å². The average Bonchev–Trinajstić information content (AvgIpc) is 2.91. The van der Waals surface area contributed by atoms with Crippen molar-refractivity contribution in [2.75, 3.05) is 0 Å². The predicted octanol–water partition coefficient (Wildman–Crippen LogP) is 0.294. The number of hydrogen-bond donors (Lipinski definition) is 3. The van der Waals surface area contributed by atoms with E-state index in [0.717, 1.165) is 0 Å². The Labute approximate surface area is 116 Å². The number of aliphatic hydroxyl groups excluding tert-OH is 1. The topological polar surface area (TPSA) is 121 Å². The van der Waals surface area contributed by atoms with Crippen molar-refractivity contribution in [2.45, 2.75) is 38.8 Å². The second-order valence-corrected chi connectivity index (χ2v) is 6.11. The normalized spacial score (nSPS) is 12.0. The Morgan fingerprint density at radius 3 is 2.60 bits per heavy atom. The molecule has 2 rings (SSSR count). The molecule has 110 valence electrons. The summed E-state index contributed by atoms with van der Waals surface area (Å²) in [4.78, 5) is -0.0215. The molecule has 2 aromatic rings. The van der Waals surface area contributed by atoms with Crippen LogP contribution in [0.15, 0.2) is 9.42 Å². The van der Waals surface area contributed by atoms with Crippen LogP contribution in [0.4, 0.5) is 0 Å². The van der Waals surface area contributed by atoms with Gasteiger partial charge < -0.3 is 9.63 Å². The fraction of sp³-hybridized carbons (Fsp3) is 0.455. The molecule has 2 heterocycles. The summed E-state index contributed by atoms with van der Waals surface area (Å²) >= 11 is 0. The number of H-pyrrole nitrogens is 1. The van der Waals surface area contributed by atoms with E-state index in [1.165, 1.54) is 0 Å². The van der Waals surface area contributed by atoms with Crippen molar-refractivity contribution >= 4 is 10.0 Å². The summed E-state index contributed by atoms with van der Waals surface area (Å²) in [5, 5.41) is 19.2. The zero-order chi connectivity index (χ0) is 14.9. The maximum absolute atomic E-state index is 12.3. The van der Waals surface area contributed by atoms with Crippen LogP contribution in [0.2, 0.25) is 0 Å². The van der Waals surface area contributed by atoms with Gasteiger partial charge in [0.05, 0.1) is 18.0 Å². The summed E-state index contributed by atoms with van der Waals surface area (Å²) in [5.74, 6) is 0.566. The number of aryl methyl sites for hydroxylation is 3. The van der Waals surface area contributed by atoms with Crippen LogP contribution in [-0.4, -0.2) is 28.9 Å². The summed E-state index contributed by atoms with van der Waals surface area (Å²) < 4.78 is 32.0. The van der Waals surface area contributed by atoms with Crippen LogP contribution >= 0.6 is 0 Å². The van der Waals surface area contributed by atoms with Gasteiger partial charge >= 0.3 is 0 Å². The van der Waals surface area contributed by atoms with E-state index in [1.807, 2.05) is 0 Å². The molecule has 0 saturated heterocycles. The first kappa shape index (κ1) is 14.7. The number of sulfonamides is 1. The summed E-state index contributed by atoms with van der Waals surface area (Å²) in [7, 11) is -3.77. The van der Waals surface area contributed by atoms with E-state index >= 15 is 0 Å². The zero-order valence-electron chi connectivity index (χ0n) is 11.4. The minimum Gasteiger partial charge on any atom is -0.390 e. The summed E-state index contributed by atoms with van der Waals surface area (Å²) in [6, 6.07) is 0. The quantitative estimate of drug-likeness (QED) is 0.730. The summed E-state index contributed by atoms with van der Waals surface area (Å²) in [5.41, 5.74) is 1.80. The molecule has 0 radical (unpaired) electrons. The summed E-state index contributed by atoms with van der Waals surface area (Å²) in [6.07, 6.45) is 0. The molecule has 0 saturated carbocycles. The van der Waals surface area contributed by atoms with E-state index < -0.39 is 16.6 Å². The highest BCUT2D eigenvalue weighted by molar-refractivity contribution is 7.89. The maximum Gasteiger partial charge on any atom is 0.244 e. The minimum atomic E-state index is -3.77. The van der Waals surface area contributed by atoms with Crippen LogP contribution in [0.1, 0.15) is 28.4 Å². The molecular weight excluding hydrogens is 284 g/mol. The van der Waals surface area contributed by atoms with Crippen molar-refractivity contribution < 1.29 is 18.0 Å². The first-order valence-electron chi connectivity index (χ1n) is 5.93. The number of hydrogen-bond acceptors (Lipinski definition) is 6. The molecule has 3 N–H and O–H groups in total. The van der Waals surface area contributed by atoms with Crippen molar-refractivity contribution in [1.82, 2.24) is 20.1 Å². The van der Waals surface area contributed by atoms with Gasteiger partial charge in [0.2, 0.25) is 10.0 Å². The van der Waals surface area contributed by atoms with Crippen LogP contribution < -0.4 is 4.72 Å². The van der Waals surface area contributed by atoms with Crippen LogP contribution in [0.3, 0.4) is 0 Å². The standard InChI is InChI=1S/C11H16N4O4S/c1-6-9(8(3)19-15-6)4-12-20(17,18)11-7(2)13-14-10(11)5-16/h12,16H,4-5H2,1-3H3,(H,13,14). The van der Waals surface area contributed by atoms with Gasteiger partial charge in [-0.3, -0.25) is 5.10 Å². The van der Waals surface area contributed by atoms with Crippen molar-refractivity contribution in [1.29, 1.82) is 0 Å². The molecule has 0 atom stereocenters. The van der Waals surface area contributed by atoms with Gasteiger partial charge in [-0.2, -0.15) is 5.10 Å². The smallest absolute Gasteiger partial charge is 0.244 e. The van der Waals surface area contributed by atoms with Gasteiger partial charge in [0.15, 0.2) is 0 Å². The molecule has 0 aliphatic carbocycles. The molecule has 0 bridgehead atoms. The number of aromatic nitrogens is 3. The van der Waals surface area contributed by atoms with E-state index in [9.17, 15) is 8.42 Å². The minimum absolute atomic E-state index is 0.0215. The molecule has 0 unspecified atom stereocenters. The van der Waals surface area contributed by atoms with E-state index in [0.29, 0.717) is 22.7 Å². The third-order valence-corrected chi connectivity index (χ3v) is 4.60. The Morgan fingerprint density at radius 1 is 1.35 bits per heavy atom. The van der Waals surface area contributed by atoms with Crippen molar-refractivity contribution in [3.8, 4) is 0 Å². The molecule has 0 amide bonds. The van der Waals surface area contributed by atoms with Gasteiger partial charge in [-0.15, -0.1) is 0 Å². The second-order valence-electron chi connectivity index (χ2n) is 4.41. The molecular formula is C11H16N4O4S. The molecule has 20 heavy (non-hydrogen) atoms. The van der Waals surface area contributed by atoms with Crippen molar-refractivity contribution in [3.63, 3.8) is 0 Å². The van der Waals surface area contributed by atoms with Crippen LogP contribution in [0.5, 0.6) is 0 Å². The Hall–Kier alpha value is -1.71. The Balaban J connectivity index is 2.26. The van der Waals surface area contributed by atoms with E-state index in [4.69, 9.17) is 9.63 Å². The molecule has 0 aliphatic heterocycles. The lowest BCUT2D eigenvalue weighted by atomic mass is 10.2. The monoisotopic (exact) mass is 300 g/mol. The Bertz CT molecular complexity index is 697. The van der Waals surface area contributed by atoms with E-state index in [2.05, 4.69) is 20.1 Å². The van der Waals surface area contributed by atoms with Crippen molar-refractivity contribution in [3.05, 3.63) is 28.4 Å². The van der Waals surface area contributed by atoms with Gasteiger partial charge in [0.1, 0.15) is 16.3 Å². The Kier molecular flexibility index (Phi) is 3.93. The van der Waals surface area contributed by atoms with Crippen LogP contribution in [-0.2, 0) is 23.2 Å². The number of nitrogens with one attached hydrogen (secondary N) is 2. The highest BCUT2D eigenvalue weighted by Crippen LogP contribution is 2.19. The largest absolute Gasteiger partial charge is 0.390 e. The van der Waals surface area contributed by atoms with E-state index in [1.54, 1.807) is 20.8 Å². The fourth-order valence-electron chi connectivity index (χ4n) is 1.93. The SMILES string of the molecule is Cc1noc(C)c1CNS(=O)(=O)c1c(CO)n[nH]c1C. The number of aromatic amines is 1. The molecule has 0 fully saturated rings. The van der Waals surface area contributed by atoms with Crippen LogP contribution in [0, 0.1) is 20.8 Å². The lowest BCUT2D eigenvalue weighted by molar-refractivity contribution is 0.273. The number of aliphatic hydroxyl groups is 1. The lowest BCUT2D eigenvalue weighted by Gasteiger charge is -2.07. The van der Waals surface area contributed by atoms with Gasteiger partial charge in [-0.05, 0) is 20.8 Å². The van der Waals surface area contributed by atoms with Gasteiger partial charge in [-0.1, -0.05) is 5.16 Å². The first-order valence-corrected chi connectivity index (χ1v) is 7.41. The van der Waals surface area contributed by atoms with Gasteiger partial charge in [-0.25, -0.2) is 13.1 Å². The molecule has 0 spiro atoms. The first-order chi connectivity index (χ1) is 9.36. The molecule has 8 nitrogen and oxygen atoms in total. The van der Waals surface area contributed by atoms with Crippen LogP contribution in [0.25, 0.3) is 0 Å². The highest BCUT2D eigenvalue weighted by Gasteiger charge is 2.24. The molecule has 9 heteroatoms. The molecule has 0 aromatic carbocycles. The number of nitrogens with zero attached hydrogens (tertiary/aromatic N) is 2. The maximum atomic E-state index is 12.3. The highest BCUT2D eigenvalue weighted by atomic mass is 32.2. The van der Waals surface area contributed by atoms with E-state index in [-0.39, 0.29) is 17.1 Å². The number of rotatable bonds is 5. The molecule has 0 aliphatic rings. The lowest BCUT2D eigenvalue weighted by Crippen LogP contribution is -2.25. The average molecular weight is 300 g/mol. The van der Waals surface area contributed by atoms with Gasteiger partial charge in [0.25, 0.3) is 0 Å².